The molecule has 4 unspecified atom stereocenters. The zero-order valence-corrected chi connectivity index (χ0v) is 17.8. The zero-order valence-electron chi connectivity index (χ0n) is 17.8. The van der Waals surface area contributed by atoms with Crippen LogP contribution in [0.2, 0.25) is 0 Å². The number of fused-ring (bicyclic) bond motifs is 3. The Balaban J connectivity index is 1.19. The molecule has 1 aliphatic carbocycles. The van der Waals surface area contributed by atoms with Gasteiger partial charge in [0.2, 0.25) is 17.8 Å². The summed E-state index contributed by atoms with van der Waals surface area (Å²) in [5, 5.41) is 6.52. The number of nitrogens with zero attached hydrogens (tertiary/aromatic N) is 2. The average molecular weight is 426 g/mol. The summed E-state index contributed by atoms with van der Waals surface area (Å²) in [5.74, 6) is 1.58. The van der Waals surface area contributed by atoms with E-state index in [9.17, 15) is 9.59 Å². The van der Waals surface area contributed by atoms with Crippen LogP contribution in [0.3, 0.4) is 0 Å². The molecule has 3 fully saturated rings. The van der Waals surface area contributed by atoms with Crippen molar-refractivity contribution in [1.82, 2.24) is 15.5 Å². The van der Waals surface area contributed by atoms with Crippen LogP contribution in [0.1, 0.15) is 50.5 Å². The predicted molar refractivity (Wildman–Crippen MR) is 117 cm³/mol. The molecule has 3 aliphatic heterocycles. The third kappa shape index (κ3) is 4.26. The van der Waals surface area contributed by atoms with Gasteiger partial charge in [0.05, 0.1) is 18.2 Å². The maximum absolute atomic E-state index is 12.2. The van der Waals surface area contributed by atoms with E-state index in [0.717, 1.165) is 23.6 Å². The average Bonchev–Trinajstić information content (AvgIpc) is 3.13. The summed E-state index contributed by atoms with van der Waals surface area (Å²) in [6.07, 6.45) is 7.91. The smallest absolute Gasteiger partial charge is 0.246 e. The Morgan fingerprint density at radius 1 is 1.23 bits per heavy atom. The van der Waals surface area contributed by atoms with Gasteiger partial charge < -0.3 is 20.7 Å². The molecule has 4 N–H and O–H groups in total. The molecule has 0 aromatic heterocycles. The molecule has 0 spiro atoms. The third-order valence-electron chi connectivity index (χ3n) is 7.26. The van der Waals surface area contributed by atoms with Crippen LogP contribution >= 0.6 is 0 Å². The van der Waals surface area contributed by atoms with Crippen molar-refractivity contribution >= 4 is 23.5 Å². The van der Waals surface area contributed by atoms with E-state index in [1.165, 1.54) is 32.1 Å². The number of ether oxygens (including phenoxy) is 1. The van der Waals surface area contributed by atoms with Gasteiger partial charge in [-0.1, -0.05) is 18.9 Å². The molecule has 2 saturated heterocycles. The Morgan fingerprint density at radius 3 is 2.97 bits per heavy atom. The van der Waals surface area contributed by atoms with Gasteiger partial charge in [-0.15, -0.1) is 0 Å². The number of guanidine groups is 1. The van der Waals surface area contributed by atoms with Crippen molar-refractivity contribution in [2.75, 3.05) is 13.2 Å². The second kappa shape index (κ2) is 8.49. The highest BCUT2D eigenvalue weighted by molar-refractivity contribution is 6.05. The number of hydrogen-bond acceptors (Lipinski definition) is 6. The second-order valence-corrected chi connectivity index (χ2v) is 9.28. The molecule has 31 heavy (non-hydrogen) atoms. The SMILES string of the molecule is NC(=O)C(CCOc1ccc2c(c1)N=C1NC(=O)CN1C2)C1CCC2CCCCC2N1. The zero-order chi connectivity index (χ0) is 21.4. The number of rotatable bonds is 6. The standard InChI is InChI=1S/C23H31N5O3/c24-22(30)17(19-8-6-14-3-1-2-4-18(14)25-19)9-10-31-16-7-5-15-12-28-13-21(29)27-23(28)26-20(15)11-16/h5,7,11,14,17-19,25H,1-4,6,8-10,12-13H2,(H2,24,30)(H,26,27,29). The lowest BCUT2D eigenvalue weighted by Gasteiger charge is -2.42. The molecule has 1 aromatic carbocycles. The quantitative estimate of drug-likeness (QED) is 0.644. The van der Waals surface area contributed by atoms with Gasteiger partial charge in [-0.05, 0) is 49.7 Å². The number of piperidine rings is 1. The van der Waals surface area contributed by atoms with E-state index in [0.29, 0.717) is 43.9 Å². The van der Waals surface area contributed by atoms with E-state index < -0.39 is 0 Å². The second-order valence-electron chi connectivity index (χ2n) is 9.28. The Kier molecular flexibility index (Phi) is 5.56. The van der Waals surface area contributed by atoms with E-state index in [2.05, 4.69) is 15.6 Å². The van der Waals surface area contributed by atoms with Gasteiger partial charge in [0.1, 0.15) is 12.3 Å². The van der Waals surface area contributed by atoms with Crippen LogP contribution in [0.15, 0.2) is 23.2 Å². The molecule has 4 atom stereocenters. The maximum atomic E-state index is 12.2. The number of benzene rings is 1. The van der Waals surface area contributed by atoms with Crippen molar-refractivity contribution in [3.05, 3.63) is 23.8 Å². The molecule has 2 amide bonds. The summed E-state index contributed by atoms with van der Waals surface area (Å²) in [5.41, 5.74) is 7.66. The minimum Gasteiger partial charge on any atom is -0.493 e. The molecule has 5 rings (SSSR count). The first kappa shape index (κ1) is 20.3. The van der Waals surface area contributed by atoms with E-state index in [-0.39, 0.29) is 23.8 Å². The number of amides is 2. The fraction of sp³-hybridized carbons (Fsp3) is 0.609. The van der Waals surface area contributed by atoms with Gasteiger partial charge in [0, 0.05) is 24.7 Å². The monoisotopic (exact) mass is 425 g/mol. The first-order chi connectivity index (χ1) is 15.1. The normalized spacial score (nSPS) is 28.0. The third-order valence-corrected chi connectivity index (χ3v) is 7.26. The molecule has 1 aromatic rings. The number of nitrogens with one attached hydrogen (secondary N) is 2. The minimum atomic E-state index is -0.246. The summed E-state index contributed by atoms with van der Waals surface area (Å²) >= 11 is 0. The Hall–Kier alpha value is -2.61. The summed E-state index contributed by atoms with van der Waals surface area (Å²) < 4.78 is 5.98. The summed E-state index contributed by atoms with van der Waals surface area (Å²) in [4.78, 5) is 30.3. The molecule has 0 bridgehead atoms. The summed E-state index contributed by atoms with van der Waals surface area (Å²) in [6, 6.07) is 6.49. The molecule has 4 aliphatic rings. The van der Waals surface area contributed by atoms with Gasteiger partial charge in [-0.25, -0.2) is 4.99 Å². The molecule has 3 heterocycles. The van der Waals surface area contributed by atoms with Crippen LogP contribution in [-0.2, 0) is 16.1 Å². The van der Waals surface area contributed by atoms with Crippen LogP contribution < -0.4 is 21.1 Å². The van der Waals surface area contributed by atoms with Crippen LogP contribution in [0.25, 0.3) is 0 Å². The largest absolute Gasteiger partial charge is 0.493 e. The molecule has 8 heteroatoms. The first-order valence-electron chi connectivity index (χ1n) is 11.5. The molecular formula is C23H31N5O3. The number of nitrogens with two attached hydrogens (primary N) is 1. The van der Waals surface area contributed by atoms with E-state index in [1.807, 2.05) is 23.1 Å². The molecule has 8 nitrogen and oxygen atoms in total. The van der Waals surface area contributed by atoms with Gasteiger partial charge in [0.15, 0.2) is 0 Å². The van der Waals surface area contributed by atoms with E-state index in [4.69, 9.17) is 10.5 Å². The lowest BCUT2D eigenvalue weighted by molar-refractivity contribution is -0.123. The van der Waals surface area contributed by atoms with Crippen molar-refractivity contribution in [2.24, 2.45) is 22.6 Å². The highest BCUT2D eigenvalue weighted by Gasteiger charge is 2.36. The lowest BCUT2D eigenvalue weighted by atomic mass is 9.75. The predicted octanol–water partition coefficient (Wildman–Crippen LogP) is 1.80. The Morgan fingerprint density at radius 2 is 2.10 bits per heavy atom. The topological polar surface area (TPSA) is 109 Å². The fourth-order valence-corrected chi connectivity index (χ4v) is 5.60. The molecular weight excluding hydrogens is 394 g/mol. The van der Waals surface area contributed by atoms with Crippen molar-refractivity contribution in [3.8, 4) is 5.75 Å². The number of aliphatic imine (C=N–C) groups is 1. The van der Waals surface area contributed by atoms with Gasteiger partial charge in [-0.3, -0.25) is 14.9 Å². The minimum absolute atomic E-state index is 0.0311. The molecule has 166 valence electrons. The van der Waals surface area contributed by atoms with Crippen LogP contribution in [-0.4, -0.2) is 47.9 Å². The van der Waals surface area contributed by atoms with Crippen LogP contribution in [0.5, 0.6) is 5.75 Å². The number of carbonyl (C=O) groups excluding carboxylic acids is 2. The highest BCUT2D eigenvalue weighted by atomic mass is 16.5. The van der Waals surface area contributed by atoms with E-state index in [1.54, 1.807) is 0 Å². The van der Waals surface area contributed by atoms with Crippen molar-refractivity contribution in [1.29, 1.82) is 0 Å². The maximum Gasteiger partial charge on any atom is 0.246 e. The first-order valence-corrected chi connectivity index (χ1v) is 11.5. The number of primary amides is 1. The van der Waals surface area contributed by atoms with Crippen molar-refractivity contribution in [2.45, 2.75) is 63.6 Å². The van der Waals surface area contributed by atoms with Crippen LogP contribution in [0.4, 0.5) is 5.69 Å². The summed E-state index contributed by atoms with van der Waals surface area (Å²) in [6.45, 7) is 1.44. The molecule has 0 radical (unpaired) electrons. The lowest BCUT2D eigenvalue weighted by Crippen LogP contribution is -2.54. The van der Waals surface area contributed by atoms with Gasteiger partial charge in [0.25, 0.3) is 0 Å². The fourth-order valence-electron chi connectivity index (χ4n) is 5.60. The number of hydrogen-bond donors (Lipinski definition) is 3. The van der Waals surface area contributed by atoms with Gasteiger partial charge >= 0.3 is 0 Å². The van der Waals surface area contributed by atoms with E-state index >= 15 is 0 Å². The Labute approximate surface area is 182 Å². The Bertz CT molecular complexity index is 901. The molecule has 1 saturated carbocycles. The number of carbonyl (C=O) groups is 2. The highest BCUT2D eigenvalue weighted by Crippen LogP contribution is 2.35. The van der Waals surface area contributed by atoms with Gasteiger partial charge in [-0.2, -0.15) is 0 Å². The van der Waals surface area contributed by atoms with Crippen molar-refractivity contribution in [3.63, 3.8) is 0 Å². The van der Waals surface area contributed by atoms with Crippen molar-refractivity contribution < 1.29 is 14.3 Å². The summed E-state index contributed by atoms with van der Waals surface area (Å²) in [7, 11) is 0. The van der Waals surface area contributed by atoms with Crippen LogP contribution in [0, 0.1) is 11.8 Å².